The number of ether oxygens (including phenoxy) is 1. The zero-order valence-corrected chi connectivity index (χ0v) is 19.5. The van der Waals surface area contributed by atoms with Gasteiger partial charge in [0.05, 0.1) is 25.8 Å². The second-order valence-corrected chi connectivity index (χ2v) is 9.56. The minimum absolute atomic E-state index is 0.0177. The summed E-state index contributed by atoms with van der Waals surface area (Å²) in [4.78, 5) is 37.0. The summed E-state index contributed by atoms with van der Waals surface area (Å²) < 4.78 is 5.44. The second kappa shape index (κ2) is 8.56. The third-order valence-corrected chi connectivity index (χ3v) is 7.62. The van der Waals surface area contributed by atoms with Crippen LogP contribution in [0.3, 0.4) is 0 Å². The van der Waals surface area contributed by atoms with Crippen molar-refractivity contribution in [2.45, 2.75) is 25.4 Å². The smallest absolute Gasteiger partial charge is 0.246 e. The highest BCUT2D eigenvalue weighted by Gasteiger charge is 2.48. The number of nitrogens with one attached hydrogen (secondary N) is 1. The van der Waals surface area contributed by atoms with E-state index in [9.17, 15) is 9.59 Å². The topological polar surface area (TPSA) is 68.9 Å². The molecule has 0 spiro atoms. The van der Waals surface area contributed by atoms with E-state index >= 15 is 0 Å². The van der Waals surface area contributed by atoms with Crippen LogP contribution >= 0.6 is 0 Å². The van der Waals surface area contributed by atoms with Crippen LogP contribution in [-0.2, 0) is 20.7 Å². The molecule has 4 heterocycles. The summed E-state index contributed by atoms with van der Waals surface area (Å²) in [7, 11) is 0. The van der Waals surface area contributed by atoms with E-state index in [-0.39, 0.29) is 24.4 Å². The minimum Gasteiger partial charge on any atom is -0.379 e. The van der Waals surface area contributed by atoms with Crippen LogP contribution in [-0.4, -0.2) is 83.5 Å². The number of carbonyl (C=O) groups excluding carboxylic acids is 2. The number of para-hydroxylation sites is 1. The van der Waals surface area contributed by atoms with Gasteiger partial charge in [0.2, 0.25) is 11.8 Å². The highest BCUT2D eigenvalue weighted by molar-refractivity contribution is 5.97. The Labute approximate surface area is 199 Å². The van der Waals surface area contributed by atoms with E-state index < -0.39 is 6.04 Å². The van der Waals surface area contributed by atoms with E-state index in [0.29, 0.717) is 13.0 Å². The molecule has 7 heteroatoms. The minimum atomic E-state index is -0.484. The van der Waals surface area contributed by atoms with E-state index in [1.54, 1.807) is 4.90 Å². The number of hydrogen-bond acceptors (Lipinski definition) is 4. The molecule has 6 rings (SSSR count). The fourth-order valence-electron chi connectivity index (χ4n) is 5.82. The molecule has 0 radical (unpaired) electrons. The maximum atomic E-state index is 13.8. The van der Waals surface area contributed by atoms with Crippen LogP contribution in [0.1, 0.15) is 28.4 Å². The molecule has 0 unspecified atom stereocenters. The number of rotatable bonds is 4. The first-order valence-corrected chi connectivity index (χ1v) is 12.2. The summed E-state index contributed by atoms with van der Waals surface area (Å²) in [5.41, 5.74) is 5.43. The summed E-state index contributed by atoms with van der Waals surface area (Å²) in [5.74, 6) is 0.0755. The highest BCUT2D eigenvalue weighted by Crippen LogP contribution is 2.43. The number of aromatic nitrogens is 1. The molecule has 7 nitrogen and oxygen atoms in total. The number of benzene rings is 2. The summed E-state index contributed by atoms with van der Waals surface area (Å²) in [6.07, 6.45) is 0.542. The van der Waals surface area contributed by atoms with Crippen LogP contribution in [0, 0.1) is 6.92 Å². The molecule has 0 bridgehead atoms. The second-order valence-electron chi connectivity index (χ2n) is 9.56. The Hall–Kier alpha value is -3.16. The Morgan fingerprint density at radius 3 is 2.59 bits per heavy atom. The lowest BCUT2D eigenvalue weighted by Crippen LogP contribution is -2.63. The average molecular weight is 459 g/mol. The molecule has 1 N–H and O–H groups in total. The number of H-pyrrole nitrogens is 1. The van der Waals surface area contributed by atoms with Crippen molar-refractivity contribution < 1.29 is 14.3 Å². The number of fused-ring (bicyclic) bond motifs is 4. The molecule has 3 aliphatic heterocycles. The maximum absolute atomic E-state index is 13.8. The van der Waals surface area contributed by atoms with Gasteiger partial charge >= 0.3 is 0 Å². The van der Waals surface area contributed by atoms with Gasteiger partial charge in [-0.05, 0) is 29.7 Å². The normalized spacial score (nSPS) is 23.3. The first-order valence-electron chi connectivity index (χ1n) is 12.2. The molecule has 2 saturated heterocycles. The van der Waals surface area contributed by atoms with Gasteiger partial charge in [0.1, 0.15) is 6.04 Å². The zero-order chi connectivity index (χ0) is 23.2. The molecule has 3 aliphatic rings. The summed E-state index contributed by atoms with van der Waals surface area (Å²) in [6, 6.07) is 15.6. The number of nitrogens with zero attached hydrogens (tertiary/aromatic N) is 3. The van der Waals surface area contributed by atoms with Crippen molar-refractivity contribution in [3.63, 3.8) is 0 Å². The number of hydrogen-bond donors (Lipinski definition) is 1. The van der Waals surface area contributed by atoms with Crippen molar-refractivity contribution in [2.24, 2.45) is 0 Å². The molecule has 0 saturated carbocycles. The summed E-state index contributed by atoms with van der Waals surface area (Å²) >= 11 is 0. The van der Waals surface area contributed by atoms with Crippen molar-refractivity contribution in [3.05, 3.63) is 70.9 Å². The Morgan fingerprint density at radius 1 is 1.00 bits per heavy atom. The molecule has 34 heavy (non-hydrogen) atoms. The molecule has 2 fully saturated rings. The molecule has 176 valence electrons. The Kier molecular flexibility index (Phi) is 5.38. The van der Waals surface area contributed by atoms with Gasteiger partial charge in [-0.1, -0.05) is 42.5 Å². The Balaban J connectivity index is 1.38. The van der Waals surface area contributed by atoms with Crippen LogP contribution in [0.25, 0.3) is 10.9 Å². The quantitative estimate of drug-likeness (QED) is 0.652. The molecular weight excluding hydrogens is 428 g/mol. The third kappa shape index (κ3) is 3.51. The number of carbonyl (C=O) groups is 2. The number of aromatic amines is 1. The largest absolute Gasteiger partial charge is 0.379 e. The first-order chi connectivity index (χ1) is 16.6. The predicted octanol–water partition coefficient (Wildman–Crippen LogP) is 2.49. The van der Waals surface area contributed by atoms with Crippen molar-refractivity contribution in [3.8, 4) is 0 Å². The number of piperazine rings is 1. The SMILES string of the molecule is Cc1ccccc1[C@H]1c2[nH]c3ccccc3c2C[C@H]2C(=O)N(CCN3CCOCC3)CC(=O)N12. The fraction of sp³-hybridized carbons (Fsp3) is 0.407. The molecule has 2 amide bonds. The standard InChI is InChI=1S/C27H30N4O3/c1-18-6-2-3-7-19(18)26-25-21(20-8-4-5-9-22(20)28-25)16-23-27(33)30(17-24(32)31(23)26)11-10-29-12-14-34-15-13-29/h2-9,23,26,28H,10-17H2,1H3/t23-,26-/m0/s1. The lowest BCUT2D eigenvalue weighted by Gasteiger charge is -2.47. The van der Waals surface area contributed by atoms with E-state index in [0.717, 1.165) is 66.1 Å². The van der Waals surface area contributed by atoms with Crippen LogP contribution in [0.2, 0.25) is 0 Å². The van der Waals surface area contributed by atoms with E-state index in [4.69, 9.17) is 4.74 Å². The highest BCUT2D eigenvalue weighted by atomic mass is 16.5. The van der Waals surface area contributed by atoms with Crippen LogP contribution in [0.4, 0.5) is 0 Å². The Morgan fingerprint density at radius 2 is 1.76 bits per heavy atom. The molecule has 1 aromatic heterocycles. The maximum Gasteiger partial charge on any atom is 0.246 e. The van der Waals surface area contributed by atoms with Crippen LogP contribution in [0.15, 0.2) is 48.5 Å². The van der Waals surface area contributed by atoms with E-state index in [1.165, 1.54) is 0 Å². The number of aryl methyl sites for hydroxylation is 1. The van der Waals surface area contributed by atoms with Gasteiger partial charge < -0.3 is 19.5 Å². The fourth-order valence-corrected chi connectivity index (χ4v) is 5.82. The zero-order valence-electron chi connectivity index (χ0n) is 19.5. The van der Waals surface area contributed by atoms with Crippen molar-refractivity contribution in [2.75, 3.05) is 45.9 Å². The van der Waals surface area contributed by atoms with Crippen molar-refractivity contribution in [1.82, 2.24) is 19.7 Å². The van der Waals surface area contributed by atoms with Gasteiger partial charge in [-0.15, -0.1) is 0 Å². The van der Waals surface area contributed by atoms with Crippen LogP contribution in [0.5, 0.6) is 0 Å². The van der Waals surface area contributed by atoms with Gasteiger partial charge in [-0.3, -0.25) is 14.5 Å². The molecule has 3 aromatic rings. The van der Waals surface area contributed by atoms with Crippen molar-refractivity contribution in [1.29, 1.82) is 0 Å². The molecule has 0 aliphatic carbocycles. The van der Waals surface area contributed by atoms with E-state index in [1.807, 2.05) is 29.2 Å². The van der Waals surface area contributed by atoms with Gasteiger partial charge in [0.25, 0.3) is 0 Å². The van der Waals surface area contributed by atoms with E-state index in [2.05, 4.69) is 41.1 Å². The molecule has 2 aromatic carbocycles. The summed E-state index contributed by atoms with van der Waals surface area (Å²) in [6.45, 7) is 6.76. The lowest BCUT2D eigenvalue weighted by atomic mass is 9.85. The monoisotopic (exact) mass is 458 g/mol. The lowest BCUT2D eigenvalue weighted by molar-refractivity contribution is -0.158. The van der Waals surface area contributed by atoms with Gasteiger partial charge in [0, 0.05) is 49.2 Å². The number of amides is 2. The molecule has 2 atom stereocenters. The van der Waals surface area contributed by atoms with Gasteiger partial charge in [0.15, 0.2) is 0 Å². The van der Waals surface area contributed by atoms with Crippen LogP contribution < -0.4 is 0 Å². The summed E-state index contributed by atoms with van der Waals surface area (Å²) in [5, 5.41) is 1.14. The first kappa shape index (κ1) is 21.4. The van der Waals surface area contributed by atoms with Gasteiger partial charge in [-0.2, -0.15) is 0 Å². The average Bonchev–Trinajstić information content (AvgIpc) is 3.24. The predicted molar refractivity (Wildman–Crippen MR) is 129 cm³/mol. The number of morpholine rings is 1. The molecular formula is C27H30N4O3. The van der Waals surface area contributed by atoms with Gasteiger partial charge in [-0.25, -0.2) is 0 Å². The Bertz CT molecular complexity index is 1250. The third-order valence-electron chi connectivity index (χ3n) is 7.62. The van der Waals surface area contributed by atoms with Crippen molar-refractivity contribution >= 4 is 22.7 Å².